The smallest absolute Gasteiger partial charge is 0.0619 e. The lowest BCUT2D eigenvalue weighted by Gasteiger charge is -2.30. The second-order valence-electron chi connectivity index (χ2n) is 16.7. The van der Waals surface area contributed by atoms with Gasteiger partial charge in [0.2, 0.25) is 0 Å². The average Bonchev–Trinajstić information content (AvgIpc) is 3.76. The summed E-state index contributed by atoms with van der Waals surface area (Å²) < 4.78 is 0. The third-order valence-electron chi connectivity index (χ3n) is 14.0. The largest absolute Gasteiger partial charge is 0.0725 e. The van der Waals surface area contributed by atoms with Crippen molar-refractivity contribution in [2.24, 2.45) is 0 Å². The van der Waals surface area contributed by atoms with E-state index in [1.54, 1.807) is 0 Å². The lowest BCUT2D eigenvalue weighted by Crippen LogP contribution is -2.25. The zero-order valence-corrected chi connectivity index (χ0v) is 32.1. The van der Waals surface area contributed by atoms with Crippen LogP contribution in [0.5, 0.6) is 0 Å². The first kappa shape index (κ1) is 31.5. The molecule has 270 valence electrons. The third-order valence-corrected chi connectivity index (χ3v) is 14.0. The van der Waals surface area contributed by atoms with Crippen molar-refractivity contribution in [2.45, 2.75) is 5.41 Å². The van der Waals surface area contributed by atoms with Crippen molar-refractivity contribution in [3.8, 4) is 44.5 Å². The summed E-state index contributed by atoms with van der Waals surface area (Å²) >= 11 is 0. The van der Waals surface area contributed by atoms with Gasteiger partial charge in [0.1, 0.15) is 0 Å². The van der Waals surface area contributed by atoms with E-state index >= 15 is 0 Å². The van der Waals surface area contributed by atoms with Gasteiger partial charge in [0.15, 0.2) is 0 Å². The van der Waals surface area contributed by atoms with Gasteiger partial charge >= 0.3 is 0 Å². The molecular formula is C59H34. The van der Waals surface area contributed by atoms with Crippen LogP contribution in [0.3, 0.4) is 0 Å². The van der Waals surface area contributed by atoms with Gasteiger partial charge in [-0.05, 0) is 150 Å². The fourth-order valence-corrected chi connectivity index (χ4v) is 11.7. The van der Waals surface area contributed by atoms with Crippen LogP contribution in [0, 0.1) is 0 Å². The van der Waals surface area contributed by atoms with Crippen molar-refractivity contribution in [3.63, 3.8) is 0 Å². The van der Waals surface area contributed by atoms with Gasteiger partial charge in [-0.25, -0.2) is 0 Å². The maximum absolute atomic E-state index is 2.52. The second kappa shape index (κ2) is 11.3. The monoisotopic (exact) mass is 742 g/mol. The van der Waals surface area contributed by atoms with Crippen LogP contribution in [-0.2, 0) is 5.41 Å². The van der Waals surface area contributed by atoms with E-state index in [-0.39, 0.29) is 5.41 Å². The van der Waals surface area contributed by atoms with Crippen LogP contribution in [0.1, 0.15) is 22.3 Å². The number of rotatable bonds is 2. The third kappa shape index (κ3) is 3.94. The predicted molar refractivity (Wildman–Crippen MR) is 250 cm³/mol. The topological polar surface area (TPSA) is 0 Å². The number of benzene rings is 12. The van der Waals surface area contributed by atoms with Crippen molar-refractivity contribution in [1.29, 1.82) is 0 Å². The summed E-state index contributed by atoms with van der Waals surface area (Å²) in [5, 5.41) is 15.5. The Kier molecular flexibility index (Phi) is 6.05. The van der Waals surface area contributed by atoms with Gasteiger partial charge in [0.05, 0.1) is 5.41 Å². The SMILES string of the molecule is c1ccc2c(c1)-c1ccccc1C21c2ccccc2-c2cc3ccc(-c4c5ccccc5c(-c5ccc6ccc7cccc8ccc5c6c78)c5ccccc45)cc3cc21. The van der Waals surface area contributed by atoms with E-state index in [2.05, 4.69) is 206 Å². The van der Waals surface area contributed by atoms with E-state index in [1.807, 2.05) is 0 Å². The molecule has 0 nitrogen and oxygen atoms in total. The minimum Gasteiger partial charge on any atom is -0.0619 e. The molecule has 59 heavy (non-hydrogen) atoms. The molecule has 1 spiro atoms. The van der Waals surface area contributed by atoms with Gasteiger partial charge in [-0.2, -0.15) is 0 Å². The molecule has 12 aromatic carbocycles. The highest BCUT2D eigenvalue weighted by molar-refractivity contribution is 6.29. The Morgan fingerprint density at radius 1 is 0.237 bits per heavy atom. The summed E-state index contributed by atoms with van der Waals surface area (Å²) in [7, 11) is 0. The first-order valence-electron chi connectivity index (χ1n) is 20.8. The van der Waals surface area contributed by atoms with Gasteiger partial charge in [-0.15, -0.1) is 0 Å². The predicted octanol–water partition coefficient (Wildman–Crippen LogP) is 15.7. The fourth-order valence-electron chi connectivity index (χ4n) is 11.7. The second-order valence-corrected chi connectivity index (χ2v) is 16.7. The van der Waals surface area contributed by atoms with Crippen LogP contribution in [0.15, 0.2) is 206 Å². The Morgan fingerprint density at radius 3 is 1.36 bits per heavy atom. The van der Waals surface area contributed by atoms with Gasteiger partial charge < -0.3 is 0 Å². The highest BCUT2D eigenvalue weighted by atomic mass is 14.5. The van der Waals surface area contributed by atoms with Gasteiger partial charge in [0, 0.05) is 0 Å². The molecule has 0 saturated carbocycles. The molecule has 0 fully saturated rings. The van der Waals surface area contributed by atoms with Crippen molar-refractivity contribution < 1.29 is 0 Å². The highest BCUT2D eigenvalue weighted by Gasteiger charge is 2.51. The quantitative estimate of drug-likeness (QED) is 0.122. The summed E-state index contributed by atoms with van der Waals surface area (Å²) in [5.41, 5.74) is 15.6. The molecule has 14 rings (SSSR count). The molecule has 0 saturated heterocycles. The van der Waals surface area contributed by atoms with Gasteiger partial charge in [-0.3, -0.25) is 0 Å². The molecule has 0 radical (unpaired) electrons. The van der Waals surface area contributed by atoms with E-state index in [0.717, 1.165) is 0 Å². The normalized spacial score (nSPS) is 13.6. The molecule has 0 amide bonds. The Hall–Kier alpha value is -7.54. The molecule has 0 aliphatic heterocycles. The summed E-state index contributed by atoms with van der Waals surface area (Å²) in [4.78, 5) is 0. The number of fused-ring (bicyclic) bond motifs is 13. The molecule has 0 atom stereocenters. The lowest BCUT2D eigenvalue weighted by molar-refractivity contribution is 0.795. The summed E-state index contributed by atoms with van der Waals surface area (Å²) in [5.74, 6) is 0. The van der Waals surface area contributed by atoms with E-state index in [1.165, 1.54) is 131 Å². The van der Waals surface area contributed by atoms with Crippen molar-refractivity contribution >= 4 is 64.6 Å². The Labute approximate surface area is 341 Å². The van der Waals surface area contributed by atoms with E-state index in [9.17, 15) is 0 Å². The molecule has 2 aliphatic rings. The molecule has 0 unspecified atom stereocenters. The Morgan fingerprint density at radius 2 is 0.729 bits per heavy atom. The molecule has 0 N–H and O–H groups in total. The molecule has 0 aromatic heterocycles. The van der Waals surface area contributed by atoms with E-state index in [4.69, 9.17) is 0 Å². The molecule has 2 aliphatic carbocycles. The average molecular weight is 743 g/mol. The van der Waals surface area contributed by atoms with Crippen molar-refractivity contribution in [2.75, 3.05) is 0 Å². The molecule has 0 heteroatoms. The van der Waals surface area contributed by atoms with Gasteiger partial charge in [-0.1, -0.05) is 188 Å². The lowest BCUT2D eigenvalue weighted by atomic mass is 9.70. The molecule has 12 aromatic rings. The first-order chi connectivity index (χ1) is 29.3. The minimum atomic E-state index is -0.370. The van der Waals surface area contributed by atoms with E-state index in [0.29, 0.717) is 0 Å². The van der Waals surface area contributed by atoms with Crippen LogP contribution in [0.25, 0.3) is 109 Å². The number of hydrogen-bond acceptors (Lipinski definition) is 0. The van der Waals surface area contributed by atoms with Crippen molar-refractivity contribution in [3.05, 3.63) is 229 Å². The van der Waals surface area contributed by atoms with Gasteiger partial charge in [0.25, 0.3) is 0 Å². The summed E-state index contributed by atoms with van der Waals surface area (Å²) in [6, 6.07) is 78.2. The van der Waals surface area contributed by atoms with Crippen LogP contribution in [0.4, 0.5) is 0 Å². The Bertz CT molecular complexity index is 3670. The van der Waals surface area contributed by atoms with Crippen LogP contribution < -0.4 is 0 Å². The molecular weight excluding hydrogens is 709 g/mol. The van der Waals surface area contributed by atoms with E-state index < -0.39 is 0 Å². The maximum atomic E-state index is 2.52. The van der Waals surface area contributed by atoms with Crippen LogP contribution >= 0.6 is 0 Å². The summed E-state index contributed by atoms with van der Waals surface area (Å²) in [6.45, 7) is 0. The standard InChI is InChI=1S/C59H34/c1-3-19-46-44(17-1)56(45-18-2-4-20-47(45)58(46)49-31-29-37-25-24-35-12-11-13-36-28-30-48(49)57(37)55(35)36)39-27-26-38-33-50-43-16-7-10-23-53(43)59(54(50)34-40(38)32-39)51-21-8-5-14-41(51)42-15-6-9-22-52(42)59/h1-34H. The van der Waals surface area contributed by atoms with Crippen LogP contribution in [0.2, 0.25) is 0 Å². The minimum absolute atomic E-state index is 0.370. The first-order valence-corrected chi connectivity index (χ1v) is 20.8. The summed E-state index contributed by atoms with van der Waals surface area (Å²) in [6.07, 6.45) is 0. The van der Waals surface area contributed by atoms with Crippen molar-refractivity contribution in [1.82, 2.24) is 0 Å². The maximum Gasteiger partial charge on any atom is 0.0725 e. The molecule has 0 bridgehead atoms. The van der Waals surface area contributed by atoms with Crippen LogP contribution in [-0.4, -0.2) is 0 Å². The molecule has 0 heterocycles. The zero-order valence-electron chi connectivity index (χ0n) is 32.1. The Balaban J connectivity index is 1.04. The number of hydrogen-bond donors (Lipinski definition) is 0. The fraction of sp³-hybridized carbons (Fsp3) is 0.0169. The zero-order chi connectivity index (χ0) is 38.4. The highest BCUT2D eigenvalue weighted by Crippen LogP contribution is 2.63.